The molecule has 2 N–H and O–H groups in total. The first-order valence-electron chi connectivity index (χ1n) is 18.0. The summed E-state index contributed by atoms with van der Waals surface area (Å²) in [5.41, 5.74) is -2.87. The summed E-state index contributed by atoms with van der Waals surface area (Å²) >= 11 is 0. The first-order chi connectivity index (χ1) is 26.4. The zero-order chi connectivity index (χ0) is 40.5. The van der Waals surface area contributed by atoms with Crippen molar-refractivity contribution in [3.63, 3.8) is 0 Å². The van der Waals surface area contributed by atoms with Crippen LogP contribution in [0.4, 0.5) is 35.5 Å². The van der Waals surface area contributed by atoms with E-state index < -0.39 is 64.6 Å². The number of rotatable bonds is 11. The Bertz CT molecular complexity index is 1880. The third-order valence-corrected chi connectivity index (χ3v) is 11.1. The Labute approximate surface area is 318 Å². The third-order valence-electron chi connectivity index (χ3n) is 11.1. The highest BCUT2D eigenvalue weighted by Gasteiger charge is 2.50. The Morgan fingerprint density at radius 3 is 2.23 bits per heavy atom. The van der Waals surface area contributed by atoms with E-state index in [1.165, 1.54) is 29.2 Å². The van der Waals surface area contributed by atoms with Crippen LogP contribution in [0, 0.1) is 5.82 Å². The van der Waals surface area contributed by atoms with Crippen LogP contribution in [-0.4, -0.2) is 103 Å². The zero-order valence-electron chi connectivity index (χ0n) is 30.4. The van der Waals surface area contributed by atoms with E-state index in [1.807, 2.05) is 18.2 Å². The van der Waals surface area contributed by atoms with E-state index >= 15 is 0 Å². The molecule has 0 aromatic heterocycles. The van der Waals surface area contributed by atoms with Gasteiger partial charge in [0.2, 0.25) is 5.91 Å². The second kappa shape index (κ2) is 16.0. The molecular weight excluding hydrogens is 753 g/mol. The number of carboxylic acid groups (broad SMARTS) is 1. The van der Waals surface area contributed by atoms with Gasteiger partial charge in [-0.2, -0.15) is 26.3 Å². The van der Waals surface area contributed by atoms with Gasteiger partial charge in [0.15, 0.2) is 0 Å². The average Bonchev–Trinajstić information content (AvgIpc) is 3.72. The number of hydrogen-bond donors (Lipinski definition) is 2. The van der Waals surface area contributed by atoms with Gasteiger partial charge in [-0.15, -0.1) is 0 Å². The molecule has 2 atom stereocenters. The number of piperidine rings is 1. The number of benzene rings is 3. The number of amides is 3. The van der Waals surface area contributed by atoms with Crippen molar-refractivity contribution < 1.29 is 59.7 Å². The molecule has 2 aliphatic heterocycles. The van der Waals surface area contributed by atoms with Crippen molar-refractivity contribution in [3.8, 4) is 0 Å². The van der Waals surface area contributed by atoms with Gasteiger partial charge in [0.05, 0.1) is 23.8 Å². The molecule has 3 aromatic rings. The molecule has 2 heterocycles. The maximum atomic E-state index is 14.0. The summed E-state index contributed by atoms with van der Waals surface area (Å²) in [5, 5.41) is 11.0. The number of likely N-dealkylation sites (N-methyl/N-ethyl adjacent to an activating group) is 1. The highest BCUT2D eigenvalue weighted by atomic mass is 19.4. The van der Waals surface area contributed by atoms with Crippen molar-refractivity contribution >= 4 is 17.9 Å². The van der Waals surface area contributed by atoms with Gasteiger partial charge in [-0.25, -0.2) is 9.18 Å². The molecule has 3 aromatic carbocycles. The molecule has 17 heteroatoms. The number of alkyl halides is 6. The SMILES string of the molecule is CN(CCNC(=O)O)C(=O)CO[C@H]1Cc2ccccc2C12CCN(CC[C@@]1(c3ccc(F)cc3)CN(C(=O)c3cc(C(F)(F)F)cc(C(F)(F)F)c3)CO1)CC2. The quantitative estimate of drug-likeness (QED) is 0.220. The lowest BCUT2D eigenvalue weighted by Crippen LogP contribution is -2.50. The van der Waals surface area contributed by atoms with Crippen molar-refractivity contribution in [2.45, 2.75) is 55.2 Å². The highest BCUT2D eigenvalue weighted by molar-refractivity contribution is 5.95. The van der Waals surface area contributed by atoms with E-state index in [-0.39, 0.29) is 50.7 Å². The smallest absolute Gasteiger partial charge is 0.416 e. The number of nitrogens with one attached hydrogen (secondary N) is 1. The first kappa shape index (κ1) is 40.9. The number of carbonyl (C=O) groups is 3. The summed E-state index contributed by atoms with van der Waals surface area (Å²) in [6.07, 6.45) is -9.53. The molecule has 6 rings (SSSR count). The molecule has 0 bridgehead atoms. The van der Waals surface area contributed by atoms with Crippen LogP contribution in [0.25, 0.3) is 0 Å². The molecule has 1 aliphatic carbocycles. The maximum Gasteiger partial charge on any atom is 0.416 e. The van der Waals surface area contributed by atoms with E-state index in [9.17, 15) is 45.1 Å². The monoisotopic (exact) mass is 794 g/mol. The number of likely N-dealkylation sites (tertiary alicyclic amines) is 1. The lowest BCUT2D eigenvalue weighted by Gasteiger charge is -2.44. The van der Waals surface area contributed by atoms with Crippen molar-refractivity contribution in [1.29, 1.82) is 0 Å². The molecule has 1 spiro atoms. The normalized spacial score (nSPS) is 20.9. The molecule has 0 saturated carbocycles. The van der Waals surface area contributed by atoms with Crippen molar-refractivity contribution in [2.24, 2.45) is 0 Å². The lowest BCUT2D eigenvalue weighted by molar-refractivity contribution is -0.143. The van der Waals surface area contributed by atoms with E-state index in [4.69, 9.17) is 14.6 Å². The Kier molecular flexibility index (Phi) is 11.7. The number of hydrogen-bond acceptors (Lipinski definition) is 6. The predicted octanol–water partition coefficient (Wildman–Crippen LogP) is 6.28. The van der Waals surface area contributed by atoms with Crippen LogP contribution >= 0.6 is 0 Å². The fourth-order valence-corrected chi connectivity index (χ4v) is 8.03. The summed E-state index contributed by atoms with van der Waals surface area (Å²) in [5.74, 6) is -1.89. The van der Waals surface area contributed by atoms with Gasteiger partial charge in [0.25, 0.3) is 5.91 Å². The van der Waals surface area contributed by atoms with Gasteiger partial charge in [-0.05, 0) is 85.8 Å². The number of carbonyl (C=O) groups excluding carboxylic acids is 2. The van der Waals surface area contributed by atoms with Crippen molar-refractivity contribution in [2.75, 3.05) is 59.7 Å². The summed E-state index contributed by atoms with van der Waals surface area (Å²) in [4.78, 5) is 41.9. The second-order valence-electron chi connectivity index (χ2n) is 14.5. The molecule has 10 nitrogen and oxygen atoms in total. The largest absolute Gasteiger partial charge is 0.465 e. The average molecular weight is 795 g/mol. The standard InChI is InChI=1S/C39H41F7N4O6/c1-48(17-13-47-35(53)54)33(51)22-55-32-20-25-4-2-3-5-31(25)36(32)10-14-49(15-11-36)16-12-37(27-6-8-30(40)9-7-27)23-50(24-56-37)34(52)26-18-28(38(41,42)43)21-29(19-26)39(44,45)46/h2-9,18-19,21,32,47H,10-17,20,22-24H2,1H3,(H,53,54)/t32-,37-/m0/s1. The Balaban J connectivity index is 1.15. The topological polar surface area (TPSA) is 112 Å². The molecule has 3 amide bonds. The summed E-state index contributed by atoms with van der Waals surface area (Å²) in [7, 11) is 1.57. The van der Waals surface area contributed by atoms with Gasteiger partial charge >= 0.3 is 18.4 Å². The summed E-state index contributed by atoms with van der Waals surface area (Å²) < 4.78 is 108. The minimum Gasteiger partial charge on any atom is -0.465 e. The second-order valence-corrected chi connectivity index (χ2v) is 14.5. The van der Waals surface area contributed by atoms with Gasteiger partial charge in [0, 0.05) is 37.7 Å². The Hall–Kier alpha value is -4.74. The molecule has 2 fully saturated rings. The third kappa shape index (κ3) is 8.79. The first-order valence-corrected chi connectivity index (χ1v) is 18.0. The molecular formula is C39H41F7N4O6. The molecule has 0 unspecified atom stereocenters. The van der Waals surface area contributed by atoms with E-state index in [0.717, 1.165) is 16.0 Å². The molecule has 2 saturated heterocycles. The molecule has 3 aliphatic rings. The number of ether oxygens (including phenoxy) is 2. The summed E-state index contributed by atoms with van der Waals surface area (Å²) in [6.45, 7) is 1.09. The van der Waals surface area contributed by atoms with Crippen LogP contribution in [0.1, 0.15) is 57.4 Å². The molecule has 0 radical (unpaired) electrons. The number of halogens is 7. The van der Waals surface area contributed by atoms with E-state index in [0.29, 0.717) is 56.6 Å². The summed E-state index contributed by atoms with van der Waals surface area (Å²) in [6, 6.07) is 14.2. The molecule has 56 heavy (non-hydrogen) atoms. The van der Waals surface area contributed by atoms with Gasteiger partial charge < -0.3 is 34.6 Å². The van der Waals surface area contributed by atoms with Gasteiger partial charge in [0.1, 0.15) is 24.8 Å². The van der Waals surface area contributed by atoms with Crippen LogP contribution < -0.4 is 5.32 Å². The van der Waals surface area contributed by atoms with Crippen LogP contribution in [0.2, 0.25) is 0 Å². The fourth-order valence-electron chi connectivity index (χ4n) is 8.03. The minimum atomic E-state index is -5.13. The Morgan fingerprint density at radius 2 is 1.61 bits per heavy atom. The van der Waals surface area contributed by atoms with Gasteiger partial charge in [-0.1, -0.05) is 36.4 Å². The van der Waals surface area contributed by atoms with Crippen molar-refractivity contribution in [3.05, 3.63) is 106 Å². The Morgan fingerprint density at radius 1 is 0.964 bits per heavy atom. The minimum absolute atomic E-state index is 0.0368. The number of nitrogens with zero attached hydrogens (tertiary/aromatic N) is 3. The fraction of sp³-hybridized carbons (Fsp3) is 0.462. The van der Waals surface area contributed by atoms with E-state index in [2.05, 4.69) is 16.3 Å². The zero-order valence-corrected chi connectivity index (χ0v) is 30.4. The lowest BCUT2D eigenvalue weighted by atomic mass is 9.72. The van der Waals surface area contributed by atoms with E-state index in [1.54, 1.807) is 7.05 Å². The van der Waals surface area contributed by atoms with Crippen LogP contribution in [0.5, 0.6) is 0 Å². The van der Waals surface area contributed by atoms with Gasteiger partial charge in [-0.3, -0.25) is 9.59 Å². The van der Waals surface area contributed by atoms with Crippen molar-refractivity contribution in [1.82, 2.24) is 20.0 Å². The molecule has 302 valence electrons. The predicted molar refractivity (Wildman–Crippen MR) is 187 cm³/mol. The number of fused-ring (bicyclic) bond motifs is 2. The maximum absolute atomic E-state index is 14.0. The van der Waals surface area contributed by atoms with Crippen LogP contribution in [-0.2, 0) is 44.1 Å². The van der Waals surface area contributed by atoms with Crippen LogP contribution in [0.3, 0.4) is 0 Å². The highest BCUT2D eigenvalue weighted by Crippen LogP contribution is 2.48. The van der Waals surface area contributed by atoms with Crippen LogP contribution in [0.15, 0.2) is 66.7 Å².